The molecule has 3 rings (SSSR count). The second kappa shape index (κ2) is 7.27. The van der Waals surface area contributed by atoms with E-state index in [-0.39, 0.29) is 0 Å². The second-order valence-corrected chi connectivity index (χ2v) is 6.83. The molecular weight excluding hydrogens is 320 g/mol. The Labute approximate surface area is 148 Å². The Kier molecular flexibility index (Phi) is 5.11. The molecule has 1 aromatic heterocycles. The topological polar surface area (TPSA) is 44.9 Å². The van der Waals surface area contributed by atoms with E-state index in [2.05, 4.69) is 33.6 Å². The van der Waals surface area contributed by atoms with Crippen LogP contribution in [0.3, 0.4) is 0 Å². The van der Waals surface area contributed by atoms with E-state index in [1.165, 1.54) is 19.3 Å². The summed E-state index contributed by atoms with van der Waals surface area (Å²) in [7, 11) is 0. The molecule has 1 aromatic carbocycles. The van der Waals surface area contributed by atoms with Gasteiger partial charge in [0.2, 0.25) is 0 Å². The maximum atomic E-state index is 9.16. The molecule has 4 nitrogen and oxygen atoms in total. The molecule has 1 aliphatic rings. The molecule has 0 radical (unpaired) electrons. The molecule has 2 atom stereocenters. The van der Waals surface area contributed by atoms with E-state index >= 15 is 0 Å². The lowest BCUT2D eigenvalue weighted by atomic mass is 9.89. The summed E-state index contributed by atoms with van der Waals surface area (Å²) >= 11 is 6.39. The molecule has 0 N–H and O–H groups in total. The summed E-state index contributed by atoms with van der Waals surface area (Å²) < 4.78 is 2.23. The molecule has 126 valence electrons. The molecule has 0 saturated heterocycles. The van der Waals surface area contributed by atoms with E-state index in [9.17, 15) is 0 Å². The molecule has 24 heavy (non-hydrogen) atoms. The highest BCUT2D eigenvalue weighted by atomic mass is 35.5. The highest BCUT2D eigenvalue weighted by Crippen LogP contribution is 2.36. The van der Waals surface area contributed by atoms with Crippen molar-refractivity contribution in [3.63, 3.8) is 0 Å². The van der Waals surface area contributed by atoms with Crippen molar-refractivity contribution in [1.29, 1.82) is 5.26 Å². The molecule has 2 aromatic rings. The average Bonchev–Trinajstić information content (AvgIpc) is 3.14. The number of anilines is 1. The largest absolute Gasteiger partial charge is 0.368 e. The van der Waals surface area contributed by atoms with Crippen LogP contribution in [0.1, 0.15) is 49.8 Å². The molecule has 5 heteroatoms. The lowest BCUT2D eigenvalue weighted by molar-refractivity contribution is 0.309. The minimum absolute atomic E-state index is 0.485. The third-order valence-corrected chi connectivity index (χ3v) is 5.62. The van der Waals surface area contributed by atoms with Crippen molar-refractivity contribution < 1.29 is 0 Å². The number of rotatable bonds is 4. The van der Waals surface area contributed by atoms with Gasteiger partial charge in [0, 0.05) is 36.7 Å². The van der Waals surface area contributed by atoms with Gasteiger partial charge in [0.15, 0.2) is 0 Å². The molecule has 1 heterocycles. The fourth-order valence-electron chi connectivity index (χ4n) is 3.88. The van der Waals surface area contributed by atoms with Crippen molar-refractivity contribution in [1.82, 2.24) is 9.55 Å². The fraction of sp³-hybridized carbons (Fsp3) is 0.474. The minimum atomic E-state index is 0.485. The Balaban J connectivity index is 1.86. The lowest BCUT2D eigenvalue weighted by Gasteiger charge is -2.39. The summed E-state index contributed by atoms with van der Waals surface area (Å²) in [6.45, 7) is 5.13. The first-order chi connectivity index (χ1) is 11.7. The highest BCUT2D eigenvalue weighted by molar-refractivity contribution is 6.32. The van der Waals surface area contributed by atoms with Gasteiger partial charge in [-0.2, -0.15) is 5.26 Å². The Morgan fingerprint density at radius 3 is 2.92 bits per heavy atom. The molecule has 0 aliphatic heterocycles. The van der Waals surface area contributed by atoms with E-state index in [1.807, 2.05) is 31.6 Å². The smallest absolute Gasteiger partial charge is 0.101 e. The normalized spacial score (nSPS) is 20.6. The average molecular weight is 343 g/mol. The molecule has 0 bridgehead atoms. The number of benzene rings is 1. The van der Waals surface area contributed by atoms with Crippen LogP contribution in [-0.2, 0) is 0 Å². The number of aromatic nitrogens is 2. The third kappa shape index (κ3) is 3.14. The Hall–Kier alpha value is -1.99. The quantitative estimate of drug-likeness (QED) is 0.807. The minimum Gasteiger partial charge on any atom is -0.368 e. The molecule has 1 saturated carbocycles. The summed E-state index contributed by atoms with van der Waals surface area (Å²) in [6.07, 6.45) is 10.6. The second-order valence-electron chi connectivity index (χ2n) is 6.45. The van der Waals surface area contributed by atoms with Gasteiger partial charge in [0.05, 0.1) is 16.9 Å². The fourth-order valence-corrected chi connectivity index (χ4v) is 4.08. The van der Waals surface area contributed by atoms with E-state index < -0.39 is 0 Å². The van der Waals surface area contributed by atoms with Crippen LogP contribution in [0.25, 0.3) is 0 Å². The number of imidazole rings is 1. The van der Waals surface area contributed by atoms with Gasteiger partial charge in [-0.1, -0.05) is 11.6 Å². The highest BCUT2D eigenvalue weighted by Gasteiger charge is 2.28. The van der Waals surface area contributed by atoms with Crippen LogP contribution in [0.4, 0.5) is 5.69 Å². The Morgan fingerprint density at radius 1 is 1.42 bits per heavy atom. The summed E-state index contributed by atoms with van der Waals surface area (Å²) in [5.41, 5.74) is 2.70. The van der Waals surface area contributed by atoms with Gasteiger partial charge in [0.25, 0.3) is 0 Å². The van der Waals surface area contributed by atoms with Crippen molar-refractivity contribution >= 4 is 17.3 Å². The first-order valence-corrected chi connectivity index (χ1v) is 8.96. The van der Waals surface area contributed by atoms with E-state index in [0.29, 0.717) is 22.7 Å². The van der Waals surface area contributed by atoms with Gasteiger partial charge < -0.3 is 9.47 Å². The van der Waals surface area contributed by atoms with Gasteiger partial charge in [0.1, 0.15) is 6.07 Å². The molecule has 0 amide bonds. The van der Waals surface area contributed by atoms with Gasteiger partial charge in [-0.15, -0.1) is 0 Å². The summed E-state index contributed by atoms with van der Waals surface area (Å²) in [5.74, 6) is 0. The predicted octanol–water partition coefficient (Wildman–Crippen LogP) is 4.73. The molecule has 2 unspecified atom stereocenters. The van der Waals surface area contributed by atoms with Crippen molar-refractivity contribution in [2.75, 3.05) is 11.4 Å². The number of hydrogen-bond donors (Lipinski definition) is 0. The zero-order valence-electron chi connectivity index (χ0n) is 14.2. The predicted molar refractivity (Wildman–Crippen MR) is 97.4 cm³/mol. The zero-order chi connectivity index (χ0) is 17.1. The molecule has 1 aliphatic carbocycles. The first kappa shape index (κ1) is 16.9. The summed E-state index contributed by atoms with van der Waals surface area (Å²) in [6, 6.07) is 7.04. The number of nitrogens with zero attached hydrogens (tertiary/aromatic N) is 4. The maximum Gasteiger partial charge on any atom is 0.101 e. The third-order valence-electron chi connectivity index (χ3n) is 5.13. The number of halogens is 1. The zero-order valence-corrected chi connectivity index (χ0v) is 15.0. The molecular formula is C19H23ClN4. The monoisotopic (exact) mass is 342 g/mol. The SMILES string of the molecule is CCN(c1ccc(C#N)c(Cl)c1C)C1CCCC(n2ccnc2)C1. The van der Waals surface area contributed by atoms with Crippen LogP contribution in [0.5, 0.6) is 0 Å². The van der Waals surface area contributed by atoms with Crippen LogP contribution in [0, 0.1) is 18.3 Å². The Morgan fingerprint density at radius 2 is 2.25 bits per heavy atom. The summed E-state index contributed by atoms with van der Waals surface area (Å²) in [5, 5.41) is 9.74. The van der Waals surface area contributed by atoms with Crippen LogP contribution < -0.4 is 4.90 Å². The van der Waals surface area contributed by atoms with E-state index in [0.717, 1.165) is 24.2 Å². The van der Waals surface area contributed by atoms with Crippen LogP contribution in [0.2, 0.25) is 5.02 Å². The van der Waals surface area contributed by atoms with Crippen LogP contribution >= 0.6 is 11.6 Å². The van der Waals surface area contributed by atoms with Crippen molar-refractivity contribution in [2.45, 2.75) is 51.6 Å². The van der Waals surface area contributed by atoms with E-state index in [1.54, 1.807) is 0 Å². The standard InChI is InChI=1S/C19H23ClN4/c1-3-24(18-8-7-15(12-21)19(20)14(18)2)17-6-4-5-16(11-17)23-10-9-22-13-23/h7-10,13,16-17H,3-6,11H2,1-2H3. The Bertz CT molecular complexity index is 733. The van der Waals surface area contributed by atoms with Crippen LogP contribution in [0.15, 0.2) is 30.9 Å². The van der Waals surface area contributed by atoms with Gasteiger partial charge in [-0.05, 0) is 57.2 Å². The number of nitriles is 1. The van der Waals surface area contributed by atoms with Crippen molar-refractivity contribution in [3.8, 4) is 6.07 Å². The lowest BCUT2D eigenvalue weighted by Crippen LogP contribution is -2.39. The number of hydrogen-bond acceptors (Lipinski definition) is 3. The van der Waals surface area contributed by atoms with Crippen molar-refractivity contribution in [3.05, 3.63) is 47.0 Å². The maximum absolute atomic E-state index is 9.16. The van der Waals surface area contributed by atoms with Gasteiger partial charge in [-0.25, -0.2) is 4.98 Å². The van der Waals surface area contributed by atoms with Crippen LogP contribution in [-0.4, -0.2) is 22.1 Å². The van der Waals surface area contributed by atoms with Gasteiger partial charge >= 0.3 is 0 Å². The van der Waals surface area contributed by atoms with Crippen molar-refractivity contribution in [2.24, 2.45) is 0 Å². The first-order valence-electron chi connectivity index (χ1n) is 8.59. The summed E-state index contributed by atoms with van der Waals surface area (Å²) in [4.78, 5) is 6.64. The van der Waals surface area contributed by atoms with Gasteiger partial charge in [-0.3, -0.25) is 0 Å². The van der Waals surface area contributed by atoms with E-state index in [4.69, 9.17) is 16.9 Å². The molecule has 1 fully saturated rings. The molecule has 0 spiro atoms.